The minimum atomic E-state index is 0.553. The van der Waals surface area contributed by atoms with Gasteiger partial charge in [-0.15, -0.1) is 0 Å². The van der Waals surface area contributed by atoms with Gasteiger partial charge in [-0.1, -0.05) is 6.92 Å². The molecule has 1 aromatic heterocycles. The van der Waals surface area contributed by atoms with Crippen LogP contribution >= 0.6 is 15.9 Å². The Labute approximate surface area is 111 Å². The highest BCUT2D eigenvalue weighted by Crippen LogP contribution is 2.48. The van der Waals surface area contributed by atoms with Crippen molar-refractivity contribution in [1.82, 2.24) is 9.97 Å². The molecule has 1 N–H and O–H groups in total. The molecule has 17 heavy (non-hydrogen) atoms. The first-order valence-electron chi connectivity index (χ1n) is 6.49. The van der Waals surface area contributed by atoms with E-state index in [-0.39, 0.29) is 0 Å². The first-order valence-corrected chi connectivity index (χ1v) is 7.28. The Morgan fingerprint density at radius 3 is 2.76 bits per heavy atom. The topological polar surface area (TPSA) is 37.8 Å². The minimum Gasteiger partial charge on any atom is -0.369 e. The van der Waals surface area contributed by atoms with Crippen molar-refractivity contribution in [2.75, 3.05) is 11.9 Å². The second-order valence-corrected chi connectivity index (χ2v) is 6.23. The van der Waals surface area contributed by atoms with Gasteiger partial charge in [-0.3, -0.25) is 0 Å². The summed E-state index contributed by atoms with van der Waals surface area (Å²) < 4.78 is 0.901. The molecule has 0 amide bonds. The fraction of sp³-hybridized carbons (Fsp3) is 0.692. The molecule has 1 aromatic rings. The van der Waals surface area contributed by atoms with Crippen LogP contribution in [0.25, 0.3) is 0 Å². The van der Waals surface area contributed by atoms with E-state index < -0.39 is 0 Å². The van der Waals surface area contributed by atoms with Gasteiger partial charge in [0.25, 0.3) is 0 Å². The van der Waals surface area contributed by atoms with Crippen LogP contribution in [0.2, 0.25) is 0 Å². The van der Waals surface area contributed by atoms with Gasteiger partial charge in [0.15, 0.2) is 0 Å². The Morgan fingerprint density at radius 2 is 2.18 bits per heavy atom. The zero-order valence-corrected chi connectivity index (χ0v) is 11.8. The molecule has 3 rings (SSSR count). The van der Waals surface area contributed by atoms with Crippen LogP contribution in [0.4, 0.5) is 5.82 Å². The summed E-state index contributed by atoms with van der Waals surface area (Å²) in [6, 6.07) is 1.98. The molecule has 92 valence electrons. The standard InChI is InChI=1S/C13H18BrN3/c1-2-13(5-6-13)8-15-11-7-10(14)16-12(17-11)9-3-4-9/h7,9H,2-6,8H2,1H3,(H,15,16,17). The highest BCUT2D eigenvalue weighted by Gasteiger charge is 2.40. The fourth-order valence-electron chi connectivity index (χ4n) is 2.16. The second kappa shape index (κ2) is 4.23. The molecular formula is C13H18BrN3. The highest BCUT2D eigenvalue weighted by atomic mass is 79.9. The van der Waals surface area contributed by atoms with E-state index in [1.807, 2.05) is 6.07 Å². The fourth-order valence-corrected chi connectivity index (χ4v) is 2.56. The lowest BCUT2D eigenvalue weighted by Gasteiger charge is -2.14. The van der Waals surface area contributed by atoms with Gasteiger partial charge in [0.1, 0.15) is 16.2 Å². The summed E-state index contributed by atoms with van der Waals surface area (Å²) in [7, 11) is 0. The van der Waals surface area contributed by atoms with Crippen molar-refractivity contribution in [1.29, 1.82) is 0 Å². The van der Waals surface area contributed by atoms with E-state index in [1.54, 1.807) is 0 Å². The molecule has 0 radical (unpaired) electrons. The largest absolute Gasteiger partial charge is 0.369 e. The molecule has 0 atom stereocenters. The zero-order valence-electron chi connectivity index (χ0n) is 10.2. The van der Waals surface area contributed by atoms with Crippen molar-refractivity contribution in [2.24, 2.45) is 5.41 Å². The SMILES string of the molecule is CCC1(CNc2cc(Br)nc(C3CC3)n2)CC1. The lowest BCUT2D eigenvalue weighted by Crippen LogP contribution is -2.15. The van der Waals surface area contributed by atoms with Crippen LogP contribution in [-0.2, 0) is 0 Å². The van der Waals surface area contributed by atoms with Crippen molar-refractivity contribution in [2.45, 2.75) is 44.9 Å². The number of nitrogens with one attached hydrogen (secondary N) is 1. The quantitative estimate of drug-likeness (QED) is 0.842. The number of hydrogen-bond acceptors (Lipinski definition) is 3. The lowest BCUT2D eigenvalue weighted by atomic mass is 10.0. The molecule has 0 aliphatic heterocycles. The molecule has 2 aliphatic rings. The van der Waals surface area contributed by atoms with Crippen molar-refractivity contribution < 1.29 is 0 Å². The molecule has 0 saturated heterocycles. The summed E-state index contributed by atoms with van der Waals surface area (Å²) in [6.07, 6.45) is 6.47. The van der Waals surface area contributed by atoms with Crippen LogP contribution in [-0.4, -0.2) is 16.5 Å². The first-order chi connectivity index (χ1) is 8.21. The van der Waals surface area contributed by atoms with E-state index >= 15 is 0 Å². The maximum atomic E-state index is 4.61. The maximum Gasteiger partial charge on any atom is 0.135 e. The van der Waals surface area contributed by atoms with Gasteiger partial charge >= 0.3 is 0 Å². The molecule has 0 spiro atoms. The number of nitrogens with zero attached hydrogens (tertiary/aromatic N) is 2. The summed E-state index contributed by atoms with van der Waals surface area (Å²) in [5, 5.41) is 3.48. The van der Waals surface area contributed by atoms with E-state index in [2.05, 4.69) is 38.1 Å². The normalized spacial score (nSPS) is 21.3. The van der Waals surface area contributed by atoms with Crippen LogP contribution < -0.4 is 5.32 Å². The summed E-state index contributed by atoms with van der Waals surface area (Å²) in [5.74, 6) is 2.59. The maximum absolute atomic E-state index is 4.61. The Morgan fingerprint density at radius 1 is 1.41 bits per heavy atom. The van der Waals surface area contributed by atoms with Crippen LogP contribution in [0.5, 0.6) is 0 Å². The molecule has 2 fully saturated rings. The number of halogens is 1. The summed E-state index contributed by atoms with van der Waals surface area (Å²) in [6.45, 7) is 3.33. The number of aromatic nitrogens is 2. The number of anilines is 1. The summed E-state index contributed by atoms with van der Waals surface area (Å²) in [5.41, 5.74) is 0.553. The predicted molar refractivity (Wildman–Crippen MR) is 72.2 cm³/mol. The molecule has 2 aliphatic carbocycles. The van der Waals surface area contributed by atoms with Crippen LogP contribution in [0, 0.1) is 5.41 Å². The van der Waals surface area contributed by atoms with Gasteiger partial charge < -0.3 is 5.32 Å². The van der Waals surface area contributed by atoms with E-state index in [1.165, 1.54) is 32.1 Å². The highest BCUT2D eigenvalue weighted by molar-refractivity contribution is 9.10. The lowest BCUT2D eigenvalue weighted by molar-refractivity contribution is 0.520. The Kier molecular flexibility index (Phi) is 2.85. The minimum absolute atomic E-state index is 0.553. The molecule has 0 unspecified atom stereocenters. The van der Waals surface area contributed by atoms with Gasteiger partial charge in [0, 0.05) is 18.5 Å². The van der Waals surface area contributed by atoms with E-state index in [4.69, 9.17) is 0 Å². The molecule has 1 heterocycles. The van der Waals surface area contributed by atoms with E-state index in [0.717, 1.165) is 22.8 Å². The molecule has 4 heteroatoms. The summed E-state index contributed by atoms with van der Waals surface area (Å²) in [4.78, 5) is 9.05. The van der Waals surface area contributed by atoms with Crippen molar-refractivity contribution in [3.8, 4) is 0 Å². The average Bonchev–Trinajstić information content (AvgIpc) is 3.19. The second-order valence-electron chi connectivity index (χ2n) is 5.42. The van der Waals surface area contributed by atoms with Gasteiger partial charge in [-0.2, -0.15) is 0 Å². The van der Waals surface area contributed by atoms with E-state index in [0.29, 0.717) is 11.3 Å². The van der Waals surface area contributed by atoms with Crippen LogP contribution in [0.3, 0.4) is 0 Å². The third kappa shape index (κ3) is 2.62. The molecule has 0 bridgehead atoms. The third-order valence-corrected chi connectivity index (χ3v) is 4.41. The van der Waals surface area contributed by atoms with Crippen molar-refractivity contribution in [3.63, 3.8) is 0 Å². The Balaban J connectivity index is 1.69. The molecular weight excluding hydrogens is 278 g/mol. The predicted octanol–water partition coefficient (Wildman–Crippen LogP) is 3.72. The number of hydrogen-bond donors (Lipinski definition) is 1. The third-order valence-electron chi connectivity index (χ3n) is 4.01. The van der Waals surface area contributed by atoms with Crippen molar-refractivity contribution >= 4 is 21.7 Å². The van der Waals surface area contributed by atoms with Gasteiger partial charge in [-0.25, -0.2) is 9.97 Å². The zero-order chi connectivity index (χ0) is 11.9. The summed E-state index contributed by atoms with van der Waals surface area (Å²) >= 11 is 3.47. The Hall–Kier alpha value is -0.640. The number of rotatable bonds is 5. The van der Waals surface area contributed by atoms with Crippen LogP contribution in [0.15, 0.2) is 10.7 Å². The molecule has 2 saturated carbocycles. The van der Waals surface area contributed by atoms with Crippen molar-refractivity contribution in [3.05, 3.63) is 16.5 Å². The van der Waals surface area contributed by atoms with Gasteiger partial charge in [0.05, 0.1) is 0 Å². The monoisotopic (exact) mass is 295 g/mol. The average molecular weight is 296 g/mol. The van der Waals surface area contributed by atoms with Gasteiger partial charge in [-0.05, 0) is 53.4 Å². The van der Waals surface area contributed by atoms with Gasteiger partial charge in [0.2, 0.25) is 0 Å². The first kappa shape index (κ1) is 11.5. The molecule has 0 aromatic carbocycles. The van der Waals surface area contributed by atoms with E-state index in [9.17, 15) is 0 Å². The van der Waals surface area contributed by atoms with Crippen LogP contribution in [0.1, 0.15) is 50.8 Å². The molecule has 3 nitrogen and oxygen atoms in total. The Bertz CT molecular complexity index is 425. The smallest absolute Gasteiger partial charge is 0.135 e.